The van der Waals surface area contributed by atoms with Crippen molar-refractivity contribution in [2.24, 2.45) is 11.7 Å². The Morgan fingerprint density at radius 3 is 2.35 bits per heavy atom. The molecule has 3 aliphatic rings. The van der Waals surface area contributed by atoms with Crippen LogP contribution < -0.4 is 11.1 Å². The number of nitrogens with two attached hydrogens (primary N) is 1. The molecule has 52 heavy (non-hydrogen) atoms. The third-order valence-electron chi connectivity index (χ3n) is 9.74. The Balaban J connectivity index is 1.49. The minimum atomic E-state index is -2.46. The molecule has 1 heterocycles. The van der Waals surface area contributed by atoms with Gasteiger partial charge in [0.25, 0.3) is 0 Å². The molecule has 5 unspecified atom stereocenters. The number of esters is 1. The van der Waals surface area contributed by atoms with Crippen molar-refractivity contribution in [2.75, 3.05) is 6.61 Å². The number of aliphatic hydroxyl groups is 2. The van der Waals surface area contributed by atoms with E-state index in [0.717, 1.165) is 0 Å². The zero-order valence-electron chi connectivity index (χ0n) is 29.0. The summed E-state index contributed by atoms with van der Waals surface area (Å²) in [5, 5.41) is 58.4. The van der Waals surface area contributed by atoms with Gasteiger partial charge in [-0.2, -0.15) is 0 Å². The second-order valence-corrected chi connectivity index (χ2v) is 13.9. The topological polar surface area (TPSA) is 269 Å². The van der Waals surface area contributed by atoms with Crippen LogP contribution in [0.2, 0.25) is 0 Å². The Bertz CT molecular complexity index is 1830. The zero-order valence-corrected chi connectivity index (χ0v) is 29.0. The Kier molecular flexibility index (Phi) is 10.9. The summed E-state index contributed by atoms with van der Waals surface area (Å²) < 4.78 is 17.1. The number of phenols is 3. The Morgan fingerprint density at radius 2 is 1.71 bits per heavy atom. The Morgan fingerprint density at radius 1 is 1.04 bits per heavy atom. The number of ketones is 4. The van der Waals surface area contributed by atoms with E-state index in [4.69, 9.17) is 19.9 Å². The monoisotopic (exact) mass is 726 g/mol. The zero-order chi connectivity index (χ0) is 38.4. The van der Waals surface area contributed by atoms with Gasteiger partial charge in [0.2, 0.25) is 17.5 Å². The summed E-state index contributed by atoms with van der Waals surface area (Å²) in [7, 11) is 0. The number of aromatic hydroxyl groups is 3. The van der Waals surface area contributed by atoms with Crippen LogP contribution in [-0.2, 0) is 39.8 Å². The van der Waals surface area contributed by atoms with E-state index in [1.54, 1.807) is 13.8 Å². The molecule has 0 aromatic heterocycles. The third-order valence-corrected chi connectivity index (χ3v) is 9.74. The highest BCUT2D eigenvalue weighted by Gasteiger charge is 2.50. The first-order valence-electron chi connectivity index (χ1n) is 16.8. The van der Waals surface area contributed by atoms with Gasteiger partial charge in [-0.25, -0.2) is 4.79 Å². The van der Waals surface area contributed by atoms with E-state index in [-0.39, 0.29) is 41.7 Å². The molecule has 0 saturated carbocycles. The molecule has 0 bridgehead atoms. The van der Waals surface area contributed by atoms with Crippen LogP contribution in [0.25, 0.3) is 0 Å². The lowest BCUT2D eigenvalue weighted by atomic mass is 9.72. The van der Waals surface area contributed by atoms with Crippen molar-refractivity contribution in [1.82, 2.24) is 5.32 Å². The number of aliphatic hydroxyl groups excluding tert-OH is 1. The van der Waals surface area contributed by atoms with E-state index in [2.05, 4.69) is 5.32 Å². The highest BCUT2D eigenvalue weighted by atomic mass is 16.7. The molecule has 0 radical (unpaired) electrons. The summed E-state index contributed by atoms with van der Waals surface area (Å²) in [5.74, 6) is -7.41. The number of carbonyl (C=O) groups excluding carboxylic acids is 6. The van der Waals surface area contributed by atoms with Crippen molar-refractivity contribution in [3.05, 3.63) is 51.6 Å². The second-order valence-electron chi connectivity index (χ2n) is 13.9. The van der Waals surface area contributed by atoms with Crippen molar-refractivity contribution in [1.29, 1.82) is 0 Å². The molecule has 1 saturated heterocycles. The van der Waals surface area contributed by atoms with Gasteiger partial charge in [0.05, 0.1) is 35.0 Å². The molecule has 2 aromatic rings. The first kappa shape index (κ1) is 38.5. The molecular formula is C36H42N2O14. The normalized spacial score (nSPS) is 25.8. The van der Waals surface area contributed by atoms with Crippen LogP contribution >= 0.6 is 0 Å². The molecule has 280 valence electrons. The van der Waals surface area contributed by atoms with Crippen LogP contribution in [0.15, 0.2) is 18.2 Å². The lowest BCUT2D eigenvalue weighted by Gasteiger charge is -2.42. The van der Waals surface area contributed by atoms with E-state index in [1.165, 1.54) is 32.0 Å². The van der Waals surface area contributed by atoms with Gasteiger partial charge >= 0.3 is 5.97 Å². The predicted molar refractivity (Wildman–Crippen MR) is 177 cm³/mol. The lowest BCUT2D eigenvalue weighted by Crippen LogP contribution is -2.53. The number of carbonyl (C=O) groups is 6. The van der Waals surface area contributed by atoms with Gasteiger partial charge in [-0.05, 0) is 25.8 Å². The number of rotatable bonds is 11. The maximum absolute atomic E-state index is 13.7. The number of fused-ring (bicyclic) bond motifs is 3. The summed E-state index contributed by atoms with van der Waals surface area (Å²) in [6, 6.07) is 1.73. The van der Waals surface area contributed by atoms with Crippen LogP contribution in [0.3, 0.4) is 0 Å². The fraction of sp³-hybridized carbons (Fsp3) is 0.500. The maximum Gasteiger partial charge on any atom is 0.329 e. The van der Waals surface area contributed by atoms with Crippen molar-refractivity contribution < 1.29 is 68.5 Å². The number of phenolic OH excluding ortho intramolecular Hbond substituents is 3. The molecule has 7 atom stereocenters. The molecule has 1 fully saturated rings. The minimum Gasteiger partial charge on any atom is -0.507 e. The van der Waals surface area contributed by atoms with E-state index >= 15 is 0 Å². The molecule has 16 heteroatoms. The van der Waals surface area contributed by atoms with Gasteiger partial charge in [0.1, 0.15) is 34.7 Å². The van der Waals surface area contributed by atoms with Gasteiger partial charge in [-0.1, -0.05) is 26.0 Å². The third kappa shape index (κ3) is 7.16. The molecule has 0 spiro atoms. The number of benzene rings is 2. The van der Waals surface area contributed by atoms with Gasteiger partial charge < -0.3 is 55.6 Å². The SMILES string of the molecule is CC(=O)CCC(=O)N[C@@H](C(=O)OCC(=O)C1(O)Cc2c(O)c3c(c(O)c2[C@H](OC2CC(N)C(O)C(C)O2)C1)C(=O)c1c(O)cccc1C3=O)C(C)C. The number of hydrogen-bond acceptors (Lipinski definition) is 15. The smallest absolute Gasteiger partial charge is 0.329 e. The van der Waals surface area contributed by atoms with Crippen molar-refractivity contribution in [3.63, 3.8) is 0 Å². The molecule has 16 nitrogen and oxygen atoms in total. The number of ether oxygens (including phenoxy) is 3. The molecule has 2 aliphatic carbocycles. The molecule has 5 rings (SSSR count). The van der Waals surface area contributed by atoms with Crippen LogP contribution in [0.5, 0.6) is 17.2 Å². The minimum absolute atomic E-state index is 0.0421. The van der Waals surface area contributed by atoms with Crippen molar-refractivity contribution in [3.8, 4) is 17.2 Å². The number of nitrogens with one attached hydrogen (secondary N) is 1. The first-order chi connectivity index (χ1) is 24.4. The number of Topliss-reactive ketones (excluding diaryl/α,β-unsaturated/α-hetero) is 2. The first-order valence-corrected chi connectivity index (χ1v) is 16.8. The number of amides is 1. The van der Waals surface area contributed by atoms with Gasteiger partial charge in [-0.3, -0.25) is 19.2 Å². The summed E-state index contributed by atoms with van der Waals surface area (Å²) in [6.45, 7) is 5.09. The van der Waals surface area contributed by atoms with Gasteiger partial charge in [-0.15, -0.1) is 0 Å². The van der Waals surface area contributed by atoms with E-state index in [9.17, 15) is 54.3 Å². The molecular weight excluding hydrogens is 684 g/mol. The molecule has 1 aliphatic heterocycles. The van der Waals surface area contributed by atoms with Crippen LogP contribution in [0.1, 0.15) is 102 Å². The summed E-state index contributed by atoms with van der Waals surface area (Å²) in [4.78, 5) is 77.7. The van der Waals surface area contributed by atoms with Crippen LogP contribution in [0.4, 0.5) is 0 Å². The Labute approximate surface area is 297 Å². The Hall–Kier alpha value is -4.74. The van der Waals surface area contributed by atoms with E-state index in [1.807, 2.05) is 0 Å². The maximum atomic E-state index is 13.7. The van der Waals surface area contributed by atoms with Gasteiger partial charge in [0.15, 0.2) is 18.7 Å². The standard InChI is InChI=1S/C36H42N2O14/c1-14(2)29(38-23(42)9-8-15(3)39)35(48)50-13-22(41)36(49)11-18-26(21(12-36)52-24-10-19(37)30(43)16(4)51-24)34(47)28-27(32(18)45)31(44)17-6-5-7-20(40)25(17)33(28)46/h5-7,14,16,19,21,24,29-30,40,43,45,47,49H,8-13,37H2,1-4H3,(H,38,42)/t16?,19?,21-,24?,29-,30?,36?/m1/s1. The fourth-order valence-electron chi connectivity index (χ4n) is 6.84. The summed E-state index contributed by atoms with van der Waals surface area (Å²) in [5.41, 5.74) is 1.17. The van der Waals surface area contributed by atoms with Crippen molar-refractivity contribution >= 4 is 35.0 Å². The summed E-state index contributed by atoms with van der Waals surface area (Å²) >= 11 is 0. The van der Waals surface area contributed by atoms with Gasteiger partial charge in [0, 0.05) is 54.8 Å². The average Bonchev–Trinajstić information content (AvgIpc) is 3.07. The predicted octanol–water partition coefficient (Wildman–Crippen LogP) is 0.759. The average molecular weight is 727 g/mol. The van der Waals surface area contributed by atoms with E-state index < -0.39 is 131 Å². The summed E-state index contributed by atoms with van der Waals surface area (Å²) in [6.07, 6.45) is -6.21. The second kappa shape index (κ2) is 14.7. The van der Waals surface area contributed by atoms with Crippen LogP contribution in [-0.4, -0.2) is 103 Å². The molecule has 8 N–H and O–H groups in total. The number of hydrogen-bond donors (Lipinski definition) is 7. The highest BCUT2D eigenvalue weighted by Crippen LogP contribution is 2.52. The van der Waals surface area contributed by atoms with Crippen LogP contribution in [0, 0.1) is 5.92 Å². The highest BCUT2D eigenvalue weighted by molar-refractivity contribution is 6.31. The molecule has 1 amide bonds. The van der Waals surface area contributed by atoms with E-state index in [0.29, 0.717) is 0 Å². The lowest BCUT2D eigenvalue weighted by molar-refractivity contribution is -0.247. The van der Waals surface area contributed by atoms with Crippen molar-refractivity contribution in [2.45, 2.75) is 102 Å². The molecule has 2 aromatic carbocycles. The fourth-order valence-corrected chi connectivity index (χ4v) is 6.84. The quantitative estimate of drug-likeness (QED) is 0.106. The largest absolute Gasteiger partial charge is 0.507 e.